The summed E-state index contributed by atoms with van der Waals surface area (Å²) in [5.74, 6) is -0.818. The first kappa shape index (κ1) is 24.9. The van der Waals surface area contributed by atoms with Crippen LogP contribution in [0.2, 0.25) is 0 Å². The van der Waals surface area contributed by atoms with Crippen molar-refractivity contribution >= 4 is 28.6 Å². The molecule has 0 bridgehead atoms. The minimum atomic E-state index is -0.818. The maximum atomic E-state index is 10.7. The first-order valence-electron chi connectivity index (χ1n) is 10.2. The van der Waals surface area contributed by atoms with Gasteiger partial charge >= 0.3 is 5.97 Å². The van der Waals surface area contributed by atoms with E-state index in [4.69, 9.17) is 5.11 Å². The van der Waals surface area contributed by atoms with Crippen molar-refractivity contribution in [3.05, 3.63) is 43.8 Å². The van der Waals surface area contributed by atoms with Gasteiger partial charge in [-0.25, -0.2) is 4.79 Å². The highest BCUT2D eigenvalue weighted by molar-refractivity contribution is 7.13. The predicted octanol–water partition coefficient (Wildman–Crippen LogP) is 8.24. The van der Waals surface area contributed by atoms with Gasteiger partial charge in [-0.15, -0.1) is 22.7 Å². The molecule has 2 aromatic rings. The molecule has 1 N–H and O–H groups in total. The second kappa shape index (κ2) is 11.2. The van der Waals surface area contributed by atoms with Gasteiger partial charge in [0, 0.05) is 14.6 Å². The number of aryl methyl sites for hydroxylation is 3. The van der Waals surface area contributed by atoms with Gasteiger partial charge in [-0.05, 0) is 80.5 Å². The molecule has 2 rings (SSSR count). The van der Waals surface area contributed by atoms with Crippen molar-refractivity contribution in [1.29, 1.82) is 0 Å². The van der Waals surface area contributed by atoms with E-state index in [1.54, 1.807) is 10.9 Å². The summed E-state index contributed by atoms with van der Waals surface area (Å²) in [6.45, 7) is 15.8. The van der Waals surface area contributed by atoms with E-state index in [0.717, 1.165) is 12.8 Å². The zero-order chi connectivity index (χ0) is 21.4. The minimum Gasteiger partial charge on any atom is -0.477 e. The van der Waals surface area contributed by atoms with Crippen LogP contribution >= 0.6 is 22.7 Å². The molecular weight excluding hydrogens is 384 g/mol. The lowest BCUT2D eigenvalue weighted by molar-refractivity contribution is 0.0702. The molecule has 0 fully saturated rings. The second-order valence-electron chi connectivity index (χ2n) is 9.91. The topological polar surface area (TPSA) is 37.3 Å². The Morgan fingerprint density at radius 2 is 1.29 bits per heavy atom. The summed E-state index contributed by atoms with van der Waals surface area (Å²) >= 11 is 3.33. The summed E-state index contributed by atoms with van der Waals surface area (Å²) in [5.41, 5.74) is 0.860. The molecule has 0 aromatic carbocycles. The number of carbonyl (C=O) groups is 1. The fraction of sp³-hybridized carbons (Fsp3) is 0.625. The quantitative estimate of drug-likeness (QED) is 0.488. The van der Waals surface area contributed by atoms with Gasteiger partial charge in [-0.3, -0.25) is 0 Å². The Balaban J connectivity index is 0.000000283. The molecule has 0 radical (unpaired) electrons. The Morgan fingerprint density at radius 1 is 0.821 bits per heavy atom. The molecule has 0 saturated carbocycles. The summed E-state index contributed by atoms with van der Waals surface area (Å²) in [7, 11) is 0. The summed E-state index contributed by atoms with van der Waals surface area (Å²) in [5, 5.41) is 8.76. The molecule has 0 unspecified atom stereocenters. The van der Waals surface area contributed by atoms with Crippen LogP contribution < -0.4 is 0 Å². The van der Waals surface area contributed by atoms with Crippen LogP contribution in [-0.4, -0.2) is 11.1 Å². The summed E-state index contributed by atoms with van der Waals surface area (Å²) in [6.07, 6.45) is 7.20. The van der Waals surface area contributed by atoms with E-state index in [2.05, 4.69) is 60.6 Å². The number of rotatable bonds is 7. The van der Waals surface area contributed by atoms with Crippen LogP contribution in [0.5, 0.6) is 0 Å². The monoisotopic (exact) mass is 422 g/mol. The molecular formula is C24H38O2S2. The van der Waals surface area contributed by atoms with Crippen molar-refractivity contribution in [3.63, 3.8) is 0 Å². The number of carboxylic acids is 1. The fourth-order valence-corrected chi connectivity index (χ4v) is 4.65. The Hall–Kier alpha value is -1.13. The summed E-state index contributed by atoms with van der Waals surface area (Å²) in [4.78, 5) is 15.3. The zero-order valence-corrected chi connectivity index (χ0v) is 20.4. The van der Waals surface area contributed by atoms with Crippen LogP contribution in [0.1, 0.15) is 91.5 Å². The molecule has 4 heteroatoms. The maximum Gasteiger partial charge on any atom is 0.345 e. The number of hydrogen-bond acceptors (Lipinski definition) is 3. The second-order valence-corrected chi connectivity index (χ2v) is 12.5. The Bertz CT molecular complexity index is 712. The SMILES string of the molecule is CC(C)(C)CCCc1ccc(C(=O)O)s1.Cc1ccc(CCCC(C)(C)C)s1. The van der Waals surface area contributed by atoms with Crippen LogP contribution in [0, 0.1) is 17.8 Å². The largest absolute Gasteiger partial charge is 0.477 e. The van der Waals surface area contributed by atoms with E-state index in [9.17, 15) is 4.79 Å². The molecule has 0 aliphatic rings. The van der Waals surface area contributed by atoms with Crippen molar-refractivity contribution in [2.24, 2.45) is 10.8 Å². The van der Waals surface area contributed by atoms with Crippen LogP contribution in [-0.2, 0) is 12.8 Å². The van der Waals surface area contributed by atoms with Crippen LogP contribution in [0.15, 0.2) is 24.3 Å². The third kappa shape index (κ3) is 11.7. The number of carboxylic acid groups (broad SMARTS) is 1. The van der Waals surface area contributed by atoms with E-state index in [-0.39, 0.29) is 0 Å². The van der Waals surface area contributed by atoms with Crippen molar-refractivity contribution < 1.29 is 9.90 Å². The molecule has 0 saturated heterocycles. The number of aromatic carboxylic acids is 1. The lowest BCUT2D eigenvalue weighted by Crippen LogP contribution is -2.04. The van der Waals surface area contributed by atoms with Gasteiger partial charge in [0.05, 0.1) is 0 Å². The van der Waals surface area contributed by atoms with Gasteiger partial charge in [0.15, 0.2) is 0 Å². The van der Waals surface area contributed by atoms with E-state index in [1.807, 2.05) is 17.4 Å². The third-order valence-electron chi connectivity index (χ3n) is 4.37. The van der Waals surface area contributed by atoms with Crippen LogP contribution in [0.25, 0.3) is 0 Å². The molecule has 0 aliphatic carbocycles. The minimum absolute atomic E-state index is 0.368. The summed E-state index contributed by atoms with van der Waals surface area (Å²) < 4.78 is 0. The van der Waals surface area contributed by atoms with Gasteiger partial charge in [-0.1, -0.05) is 41.5 Å². The standard InChI is InChI=1S/C12H18O2S.C12H20S/c1-12(2,3)8-4-5-9-6-7-10(15-9)11(13)14;1-10-7-8-11(13-10)6-5-9-12(2,3)4/h6-7H,4-5,8H2,1-3H3,(H,13,14);7-8H,5-6,9H2,1-4H3. The molecule has 0 amide bonds. The first-order chi connectivity index (χ1) is 12.9. The smallest absolute Gasteiger partial charge is 0.345 e. The lowest BCUT2D eigenvalue weighted by atomic mass is 9.90. The van der Waals surface area contributed by atoms with E-state index < -0.39 is 5.97 Å². The fourth-order valence-electron chi connectivity index (χ4n) is 2.83. The average Bonchev–Trinajstić information content (AvgIpc) is 3.15. The normalized spacial score (nSPS) is 11.8. The Morgan fingerprint density at radius 3 is 1.64 bits per heavy atom. The molecule has 158 valence electrons. The van der Waals surface area contributed by atoms with Crippen molar-refractivity contribution in [2.45, 2.75) is 87.0 Å². The Kier molecular flexibility index (Phi) is 9.92. The maximum absolute atomic E-state index is 10.7. The summed E-state index contributed by atoms with van der Waals surface area (Å²) in [6, 6.07) is 8.11. The highest BCUT2D eigenvalue weighted by atomic mass is 32.1. The highest BCUT2D eigenvalue weighted by Crippen LogP contribution is 2.25. The van der Waals surface area contributed by atoms with Crippen LogP contribution in [0.3, 0.4) is 0 Å². The van der Waals surface area contributed by atoms with E-state index in [1.165, 1.54) is 46.8 Å². The molecule has 28 heavy (non-hydrogen) atoms. The van der Waals surface area contributed by atoms with Gasteiger partial charge in [-0.2, -0.15) is 0 Å². The van der Waals surface area contributed by atoms with Crippen molar-refractivity contribution in [3.8, 4) is 0 Å². The van der Waals surface area contributed by atoms with E-state index in [0.29, 0.717) is 15.7 Å². The number of thiophene rings is 2. The number of hydrogen-bond donors (Lipinski definition) is 1. The van der Waals surface area contributed by atoms with E-state index >= 15 is 0 Å². The van der Waals surface area contributed by atoms with Crippen LogP contribution in [0.4, 0.5) is 0 Å². The Labute approximate surface area is 180 Å². The molecule has 0 atom stereocenters. The average molecular weight is 423 g/mol. The molecule has 0 spiro atoms. The third-order valence-corrected chi connectivity index (χ3v) is 6.56. The molecule has 2 nitrogen and oxygen atoms in total. The molecule has 0 aliphatic heterocycles. The predicted molar refractivity (Wildman–Crippen MR) is 125 cm³/mol. The van der Waals surface area contributed by atoms with Gasteiger partial charge in [0.2, 0.25) is 0 Å². The van der Waals surface area contributed by atoms with Crippen molar-refractivity contribution in [2.75, 3.05) is 0 Å². The van der Waals surface area contributed by atoms with Crippen molar-refractivity contribution in [1.82, 2.24) is 0 Å². The highest BCUT2D eigenvalue weighted by Gasteiger charge is 2.11. The zero-order valence-electron chi connectivity index (χ0n) is 18.7. The van der Waals surface area contributed by atoms with Gasteiger partial charge in [0.25, 0.3) is 0 Å². The molecule has 2 aromatic heterocycles. The lowest BCUT2D eigenvalue weighted by Gasteiger charge is -2.17. The van der Waals surface area contributed by atoms with Gasteiger partial charge in [0.1, 0.15) is 4.88 Å². The van der Waals surface area contributed by atoms with Gasteiger partial charge < -0.3 is 5.11 Å². The molecule has 2 heterocycles. The first-order valence-corrected chi connectivity index (χ1v) is 11.9.